The van der Waals surface area contributed by atoms with E-state index in [-0.39, 0.29) is 32.0 Å². The molecule has 0 radical (unpaired) electrons. The molecule has 0 bridgehead atoms. The number of anilines is 1. The molecule has 0 saturated heterocycles. The van der Waals surface area contributed by atoms with Crippen molar-refractivity contribution in [1.82, 2.24) is 0 Å². The first-order chi connectivity index (χ1) is 16.0. The number of hydrogen-bond acceptors (Lipinski definition) is 8. The molecule has 0 fully saturated rings. The molecule has 2 aromatic rings. The van der Waals surface area contributed by atoms with Gasteiger partial charge in [-0.3, -0.25) is 10.1 Å². The molecule has 2 rings (SSSR count). The maximum absolute atomic E-state index is 12.8. The summed E-state index contributed by atoms with van der Waals surface area (Å²) in [5, 5.41) is 11.9. The van der Waals surface area contributed by atoms with Crippen LogP contribution in [0.2, 0.25) is 0 Å². The first kappa shape index (κ1) is 27.0. The van der Waals surface area contributed by atoms with Crippen LogP contribution in [0.5, 0.6) is 5.75 Å². The lowest BCUT2D eigenvalue weighted by Gasteiger charge is -2.28. The average Bonchev–Trinajstić information content (AvgIpc) is 2.82. The van der Waals surface area contributed by atoms with E-state index in [1.54, 1.807) is 48.5 Å². The van der Waals surface area contributed by atoms with Gasteiger partial charge in [-0.15, -0.1) is 0 Å². The van der Waals surface area contributed by atoms with Crippen LogP contribution in [0.1, 0.15) is 25.0 Å². The lowest BCUT2D eigenvalue weighted by atomic mass is 10.0. The Morgan fingerprint density at radius 2 is 1.85 bits per heavy atom. The number of rotatable bonds is 13. The molecule has 0 aromatic heterocycles. The zero-order valence-corrected chi connectivity index (χ0v) is 20.7. The number of carbonyl (C=O) groups excluding carboxylic acids is 2. The van der Waals surface area contributed by atoms with Crippen molar-refractivity contribution in [3.05, 3.63) is 58.6 Å². The predicted molar refractivity (Wildman–Crippen MR) is 131 cm³/mol. The molecule has 2 N–H and O–H groups in total. The summed E-state index contributed by atoms with van der Waals surface area (Å²) in [7, 11) is 0. The molecule has 0 unspecified atom stereocenters. The van der Waals surface area contributed by atoms with Gasteiger partial charge in [0.05, 0.1) is 19.0 Å². The lowest BCUT2D eigenvalue weighted by Crippen LogP contribution is -2.30. The van der Waals surface area contributed by atoms with E-state index in [4.69, 9.17) is 24.1 Å². The molecule has 2 atom stereocenters. The van der Waals surface area contributed by atoms with E-state index in [1.165, 1.54) is 0 Å². The first-order valence-electron chi connectivity index (χ1n) is 10.4. The molecule has 10 heteroatoms. The topological polar surface area (TPSA) is 103 Å². The van der Waals surface area contributed by atoms with Crippen molar-refractivity contribution in [2.45, 2.75) is 25.6 Å². The van der Waals surface area contributed by atoms with Gasteiger partial charge in [0, 0.05) is 28.8 Å². The van der Waals surface area contributed by atoms with E-state index >= 15 is 0 Å². The Morgan fingerprint density at radius 1 is 1.12 bits per heavy atom. The zero-order valence-electron chi connectivity index (χ0n) is 18.2. The van der Waals surface area contributed by atoms with Gasteiger partial charge >= 0.3 is 12.1 Å². The molecule has 180 valence electrons. The van der Waals surface area contributed by atoms with Gasteiger partial charge in [-0.2, -0.15) is 12.6 Å². The second-order valence-electron chi connectivity index (χ2n) is 6.73. The maximum Gasteiger partial charge on any atom is 0.412 e. The number of benzene rings is 2. The van der Waals surface area contributed by atoms with Crippen LogP contribution >= 0.6 is 28.6 Å². The number of thiol groups is 1. The van der Waals surface area contributed by atoms with Gasteiger partial charge in [-0.1, -0.05) is 34.1 Å². The van der Waals surface area contributed by atoms with E-state index in [9.17, 15) is 9.59 Å². The smallest absolute Gasteiger partial charge is 0.412 e. The number of amides is 1. The minimum absolute atomic E-state index is 0.0351. The van der Waals surface area contributed by atoms with Crippen molar-refractivity contribution in [3.63, 3.8) is 0 Å². The Balaban J connectivity index is 2.28. The van der Waals surface area contributed by atoms with Crippen molar-refractivity contribution in [2.24, 2.45) is 0 Å². The van der Waals surface area contributed by atoms with E-state index in [0.29, 0.717) is 23.6 Å². The lowest BCUT2D eigenvalue weighted by molar-refractivity contribution is -0.142. The van der Waals surface area contributed by atoms with Crippen molar-refractivity contribution >= 4 is 46.3 Å². The van der Waals surface area contributed by atoms with Gasteiger partial charge in [-0.05, 0) is 37.3 Å². The normalized spacial score (nSPS) is 12.5. The average molecular weight is 542 g/mol. The fourth-order valence-corrected chi connectivity index (χ4v) is 3.36. The molecule has 33 heavy (non-hydrogen) atoms. The van der Waals surface area contributed by atoms with E-state index in [1.807, 2.05) is 6.92 Å². The summed E-state index contributed by atoms with van der Waals surface area (Å²) < 4.78 is 23.3. The predicted octanol–water partition coefficient (Wildman–Crippen LogP) is 4.38. The summed E-state index contributed by atoms with van der Waals surface area (Å²) in [5.74, 6) is -0.0390. The van der Waals surface area contributed by atoms with E-state index in [2.05, 4.69) is 33.9 Å². The summed E-state index contributed by atoms with van der Waals surface area (Å²) in [6.45, 7) is 2.14. The quantitative estimate of drug-likeness (QED) is 0.255. The summed E-state index contributed by atoms with van der Waals surface area (Å²) in [4.78, 5) is 24.3. The molecule has 2 aromatic carbocycles. The third kappa shape index (κ3) is 9.24. The molecule has 0 aliphatic heterocycles. The molecular weight excluding hydrogens is 514 g/mol. The minimum atomic E-state index is -0.870. The second kappa shape index (κ2) is 14.8. The Bertz CT molecular complexity index is 881. The number of hydrogen-bond donors (Lipinski definition) is 3. The fraction of sp³-hybridized carbons (Fsp3) is 0.391. The van der Waals surface area contributed by atoms with Crippen molar-refractivity contribution in [1.29, 1.82) is 0 Å². The number of para-hydroxylation sites is 1. The van der Waals surface area contributed by atoms with Crippen LogP contribution in [0, 0.1) is 0 Å². The highest BCUT2D eigenvalue weighted by Crippen LogP contribution is 2.33. The number of nitrogens with one attached hydrogen (secondary N) is 1. The molecule has 0 aliphatic rings. The molecule has 0 aliphatic carbocycles. The van der Waals surface area contributed by atoms with Gasteiger partial charge in [0.15, 0.2) is 6.10 Å². The molecule has 0 saturated carbocycles. The highest BCUT2D eigenvalue weighted by atomic mass is 79.9. The van der Waals surface area contributed by atoms with Crippen LogP contribution in [-0.2, 0) is 19.0 Å². The Kier molecular flexibility index (Phi) is 12.1. The molecule has 0 heterocycles. The largest absolute Gasteiger partial charge is 0.491 e. The van der Waals surface area contributed by atoms with Gasteiger partial charge in [0.25, 0.3) is 0 Å². The first-order valence-corrected chi connectivity index (χ1v) is 11.8. The number of ether oxygens (including phenoxy) is 4. The number of halogens is 1. The fourth-order valence-electron chi connectivity index (χ4n) is 3.01. The number of esters is 1. The SMILES string of the molecule is CCO[C@H](CCOC(=O)CS)[C@H](OC(=O)Nc1ccc(Br)cc1)c1ccccc1OCCO. The van der Waals surface area contributed by atoms with E-state index in [0.717, 1.165) is 4.47 Å². The molecule has 1 amide bonds. The monoisotopic (exact) mass is 541 g/mol. The Morgan fingerprint density at radius 3 is 2.52 bits per heavy atom. The number of carbonyl (C=O) groups is 2. The number of aliphatic hydroxyl groups is 1. The molecular formula is C23H28BrNO7S. The van der Waals surface area contributed by atoms with Crippen molar-refractivity contribution < 1.29 is 33.6 Å². The third-order valence-electron chi connectivity index (χ3n) is 4.41. The van der Waals surface area contributed by atoms with Gasteiger partial charge in [0.1, 0.15) is 18.5 Å². The van der Waals surface area contributed by atoms with Gasteiger partial charge in [0.2, 0.25) is 0 Å². The van der Waals surface area contributed by atoms with Crippen molar-refractivity contribution in [3.8, 4) is 5.75 Å². The van der Waals surface area contributed by atoms with Gasteiger partial charge < -0.3 is 24.1 Å². The maximum atomic E-state index is 12.8. The summed E-state index contributed by atoms with van der Waals surface area (Å²) in [5.41, 5.74) is 1.12. The second-order valence-corrected chi connectivity index (χ2v) is 7.96. The van der Waals surface area contributed by atoms with Crippen LogP contribution in [0.25, 0.3) is 0 Å². The van der Waals surface area contributed by atoms with Crippen LogP contribution in [0.3, 0.4) is 0 Å². The standard InChI is InChI=1S/C23H28BrNO7S/c1-2-29-20(11-13-31-21(27)15-33)22(18-5-3-4-6-19(18)30-14-12-26)32-23(28)25-17-9-7-16(24)8-10-17/h3-10,20,22,26,33H,2,11-15H2,1H3,(H,25,28)/t20-,22-/m1/s1. The minimum Gasteiger partial charge on any atom is -0.491 e. The van der Waals surface area contributed by atoms with Gasteiger partial charge in [-0.25, -0.2) is 4.79 Å². The van der Waals surface area contributed by atoms with Crippen LogP contribution in [0.4, 0.5) is 10.5 Å². The Labute approximate surface area is 207 Å². The zero-order chi connectivity index (χ0) is 24.1. The highest BCUT2D eigenvalue weighted by Gasteiger charge is 2.30. The summed E-state index contributed by atoms with van der Waals surface area (Å²) in [6.07, 6.45) is -1.91. The summed E-state index contributed by atoms with van der Waals surface area (Å²) >= 11 is 7.25. The van der Waals surface area contributed by atoms with Crippen LogP contribution in [-0.4, -0.2) is 55.5 Å². The molecule has 8 nitrogen and oxygen atoms in total. The van der Waals surface area contributed by atoms with Crippen LogP contribution < -0.4 is 10.1 Å². The highest BCUT2D eigenvalue weighted by molar-refractivity contribution is 9.10. The number of aliphatic hydroxyl groups excluding tert-OH is 1. The summed E-state index contributed by atoms with van der Waals surface area (Å²) in [6, 6.07) is 14.1. The van der Waals surface area contributed by atoms with Crippen LogP contribution in [0.15, 0.2) is 53.0 Å². The Hall–Kier alpha value is -2.27. The third-order valence-corrected chi connectivity index (χ3v) is 5.20. The molecule has 0 spiro atoms. The van der Waals surface area contributed by atoms with E-state index < -0.39 is 24.3 Å². The van der Waals surface area contributed by atoms with Crippen molar-refractivity contribution in [2.75, 3.05) is 37.5 Å².